The first-order valence-corrected chi connectivity index (χ1v) is 29.4. The molecule has 15 nitrogen and oxygen atoms in total. The molecule has 0 unspecified atom stereocenters. The molecule has 0 fully saturated rings. The third-order valence-corrected chi connectivity index (χ3v) is 14.3. The molecular weight excluding hydrogens is 1010 g/mol. The smallest absolute Gasteiger partial charge is 0.319 e. The number of pyridine rings is 3. The zero-order valence-corrected chi connectivity index (χ0v) is 48.7. The van der Waals surface area contributed by atoms with Crippen LogP contribution in [0.15, 0.2) is 146 Å². The van der Waals surface area contributed by atoms with Crippen LogP contribution in [-0.2, 0) is 58.5 Å². The molecule has 0 radical (unpaired) electrons. The van der Waals surface area contributed by atoms with Gasteiger partial charge in [-0.05, 0) is 127 Å². The van der Waals surface area contributed by atoms with E-state index < -0.39 is 0 Å². The molecule has 0 aliphatic carbocycles. The van der Waals surface area contributed by atoms with Gasteiger partial charge in [-0.15, -0.1) is 0 Å². The van der Waals surface area contributed by atoms with E-state index >= 15 is 0 Å². The number of aromatic nitrogens is 3. The summed E-state index contributed by atoms with van der Waals surface area (Å²) >= 11 is 0. The van der Waals surface area contributed by atoms with Crippen molar-refractivity contribution < 1.29 is 28.1 Å². The maximum absolute atomic E-state index is 12.5. The Balaban J connectivity index is 1.16. The predicted octanol–water partition coefficient (Wildman–Crippen LogP) is 12.0. The molecule has 3 aromatic heterocycles. The monoisotopic (exact) mass is 1100 g/mol. The van der Waals surface area contributed by atoms with Crippen molar-refractivity contribution >= 4 is 52.2 Å². The minimum absolute atomic E-state index is 0.191. The number of rotatable bonds is 30. The zero-order chi connectivity index (χ0) is 57.2. The summed E-state index contributed by atoms with van der Waals surface area (Å²) in [5.41, 5.74) is 16.7. The highest BCUT2D eigenvalue weighted by atomic mass is 16.2. The van der Waals surface area contributed by atoms with Gasteiger partial charge < -0.3 is 47.9 Å². The van der Waals surface area contributed by atoms with Crippen molar-refractivity contribution in [3.05, 3.63) is 196 Å². The van der Waals surface area contributed by atoms with Crippen LogP contribution in [0.1, 0.15) is 130 Å². The van der Waals surface area contributed by atoms with Gasteiger partial charge in [0.15, 0.2) is 56.8 Å². The molecule has 0 atom stereocenters. The average molecular weight is 1100 g/mol. The second-order valence-electron chi connectivity index (χ2n) is 20.6. The van der Waals surface area contributed by atoms with Gasteiger partial charge in [0.1, 0.15) is 0 Å². The Morgan fingerprint density at radius 1 is 0.358 bits per heavy atom. The van der Waals surface area contributed by atoms with Gasteiger partial charge in [-0.3, -0.25) is 0 Å². The van der Waals surface area contributed by atoms with Gasteiger partial charge in [-0.2, -0.15) is 13.7 Å². The molecule has 15 heteroatoms. The Morgan fingerprint density at radius 2 is 0.642 bits per heavy atom. The first-order chi connectivity index (χ1) is 39.6. The zero-order valence-electron chi connectivity index (χ0n) is 48.7. The van der Waals surface area contributed by atoms with Crippen molar-refractivity contribution in [1.82, 2.24) is 16.0 Å². The van der Waals surface area contributed by atoms with E-state index in [2.05, 4.69) is 195 Å². The molecular formula is C66H87N12O3+3. The predicted molar refractivity (Wildman–Crippen MR) is 329 cm³/mol. The first-order valence-electron chi connectivity index (χ1n) is 29.4. The molecule has 0 aliphatic heterocycles. The van der Waals surface area contributed by atoms with Crippen LogP contribution in [0.3, 0.4) is 0 Å². The third kappa shape index (κ3) is 18.8. The van der Waals surface area contributed by atoms with Crippen LogP contribution >= 0.6 is 0 Å². The lowest BCUT2D eigenvalue weighted by atomic mass is 9.83. The number of hydrogen-bond acceptors (Lipinski definition) is 6. The van der Waals surface area contributed by atoms with Crippen molar-refractivity contribution in [3.8, 4) is 0 Å². The molecule has 3 heterocycles. The standard InChI is InChI=1S/C66H84N12O3/c1-7-13-31-67-64(79)73-52-25-16-22-49(37-52)40-70-55-28-19-34-76(43-55)46-61-58(10-4)62(47-77-35-20-29-56(44-77)71-41-50-23-17-26-53(38-50)74-65(80)68-32-14-8-2)60(12-6)63(59(61)11-5)48-78-36-21-30-57(45-78)72-42-51-24-18-27-54(39-51)75-66(81)69-33-15-9-3/h16-30,34-39,43-45,70-72H,7-15,31-33,40-42,46-48H2,1-6H3,(H3-3,67,68,69,73,74,75,79,80,81)/p+3. The Labute approximate surface area is 480 Å². The second kappa shape index (κ2) is 32.0. The number of nitrogens with zero attached hydrogens (tertiary/aromatic N) is 3. The molecule has 0 saturated carbocycles. The van der Waals surface area contributed by atoms with Gasteiger partial charge in [-0.25, -0.2) is 14.4 Å². The first kappa shape index (κ1) is 60.2. The largest absolute Gasteiger partial charge is 0.376 e. The van der Waals surface area contributed by atoms with E-state index in [1.807, 2.05) is 54.6 Å². The number of carbonyl (C=O) groups is 3. The Bertz CT molecular complexity index is 2810. The molecule has 0 spiro atoms. The molecule has 7 rings (SSSR count). The normalized spacial score (nSPS) is 10.9. The molecule has 81 heavy (non-hydrogen) atoms. The second-order valence-corrected chi connectivity index (χ2v) is 20.6. The van der Waals surface area contributed by atoms with Crippen molar-refractivity contribution in [1.29, 1.82) is 0 Å². The number of hydrogen-bond donors (Lipinski definition) is 9. The van der Waals surface area contributed by atoms with Crippen LogP contribution in [0.5, 0.6) is 0 Å². The van der Waals surface area contributed by atoms with E-state index in [1.165, 1.54) is 33.4 Å². The van der Waals surface area contributed by atoms with E-state index in [1.54, 1.807) is 0 Å². The van der Waals surface area contributed by atoms with Gasteiger partial charge in [0.25, 0.3) is 0 Å². The lowest BCUT2D eigenvalue weighted by Gasteiger charge is -2.23. The van der Waals surface area contributed by atoms with Crippen LogP contribution in [0.2, 0.25) is 0 Å². The molecule has 6 amide bonds. The maximum Gasteiger partial charge on any atom is 0.319 e. The fourth-order valence-corrected chi connectivity index (χ4v) is 10.2. The van der Waals surface area contributed by atoms with Crippen molar-refractivity contribution in [2.24, 2.45) is 0 Å². The van der Waals surface area contributed by atoms with Crippen LogP contribution in [0.25, 0.3) is 0 Å². The summed E-state index contributed by atoms with van der Waals surface area (Å²) in [5.74, 6) is 0. The quantitative estimate of drug-likeness (QED) is 0.0160. The minimum Gasteiger partial charge on any atom is -0.376 e. The van der Waals surface area contributed by atoms with Gasteiger partial charge >= 0.3 is 18.1 Å². The highest BCUT2D eigenvalue weighted by Crippen LogP contribution is 2.31. The van der Waals surface area contributed by atoms with E-state index in [4.69, 9.17) is 0 Å². The summed E-state index contributed by atoms with van der Waals surface area (Å²) in [4.78, 5) is 37.6. The van der Waals surface area contributed by atoms with E-state index in [9.17, 15) is 14.4 Å². The molecule has 9 N–H and O–H groups in total. The van der Waals surface area contributed by atoms with Gasteiger partial charge in [0.05, 0.1) is 17.1 Å². The number of amides is 6. The van der Waals surface area contributed by atoms with Crippen molar-refractivity contribution in [2.75, 3.05) is 51.5 Å². The van der Waals surface area contributed by atoms with Crippen LogP contribution in [0.4, 0.5) is 48.5 Å². The Kier molecular flexibility index (Phi) is 23.7. The number of anilines is 6. The summed E-state index contributed by atoms with van der Waals surface area (Å²) < 4.78 is 6.90. The number of unbranched alkanes of at least 4 members (excludes halogenated alkanes) is 3. The highest BCUT2D eigenvalue weighted by molar-refractivity contribution is 5.90. The number of carbonyl (C=O) groups excluding carboxylic acids is 3. The number of urea groups is 3. The molecule has 0 saturated heterocycles. The minimum atomic E-state index is -0.191. The lowest BCUT2D eigenvalue weighted by Crippen LogP contribution is -2.39. The Hall–Kier alpha value is -8.46. The maximum atomic E-state index is 12.5. The highest BCUT2D eigenvalue weighted by Gasteiger charge is 2.28. The summed E-state index contributed by atoms with van der Waals surface area (Å²) in [6.07, 6.45) is 21.6. The third-order valence-electron chi connectivity index (χ3n) is 14.3. The van der Waals surface area contributed by atoms with Crippen molar-refractivity contribution in [3.63, 3.8) is 0 Å². The summed E-state index contributed by atoms with van der Waals surface area (Å²) in [6, 6.07) is 36.0. The number of benzene rings is 4. The Morgan fingerprint density at radius 3 is 0.914 bits per heavy atom. The van der Waals surface area contributed by atoms with Crippen molar-refractivity contribution in [2.45, 2.75) is 139 Å². The van der Waals surface area contributed by atoms with E-state index in [-0.39, 0.29) is 18.1 Å². The fraction of sp³-hybridized carbons (Fsp3) is 0.364. The summed E-state index contributed by atoms with van der Waals surface area (Å²) in [6.45, 7) is 19.0. The van der Waals surface area contributed by atoms with Crippen LogP contribution < -0.4 is 61.6 Å². The van der Waals surface area contributed by atoms with E-state index in [0.717, 1.165) is 109 Å². The average Bonchev–Trinajstić information content (AvgIpc) is 3.65. The van der Waals surface area contributed by atoms with Gasteiger partial charge in [-0.1, -0.05) is 97.2 Å². The summed E-state index contributed by atoms with van der Waals surface area (Å²) in [7, 11) is 0. The van der Waals surface area contributed by atoms with Crippen LogP contribution in [-0.4, -0.2) is 37.7 Å². The van der Waals surface area contributed by atoms with Gasteiger partial charge in [0.2, 0.25) is 0 Å². The molecule has 0 aliphatic rings. The van der Waals surface area contributed by atoms with Gasteiger partial charge in [0, 0.05) is 91.2 Å². The fourth-order valence-electron chi connectivity index (χ4n) is 10.2. The molecule has 4 aromatic carbocycles. The SMILES string of the molecule is CCCCNC(=O)Nc1cccc(CNc2ccc[n+](Cc3c(CC)c(C[n+]4cccc(NCc5cccc(NC(=O)NCCCC)c5)c4)c(CC)c(C[n+]4cccc(NCc5cccc(NC(=O)NCCCC)c5)c4)c3CC)c2)c1. The molecule has 7 aromatic rings. The number of nitrogens with one attached hydrogen (secondary N) is 9. The van der Waals surface area contributed by atoms with Crippen LogP contribution in [0, 0.1) is 0 Å². The lowest BCUT2D eigenvalue weighted by molar-refractivity contribution is -0.690. The summed E-state index contributed by atoms with van der Waals surface area (Å²) in [5, 5.41) is 28.7. The van der Waals surface area contributed by atoms with E-state index in [0.29, 0.717) is 58.9 Å². The molecule has 426 valence electrons. The topological polar surface area (TPSA) is 171 Å². The molecule has 0 bridgehead atoms.